The van der Waals surface area contributed by atoms with Gasteiger partial charge in [0.15, 0.2) is 0 Å². The first kappa shape index (κ1) is 12.9. The molecule has 3 nitrogen and oxygen atoms in total. The van der Waals surface area contributed by atoms with Gasteiger partial charge in [-0.15, -0.1) is 0 Å². The maximum atomic E-state index is 6.48. The van der Waals surface area contributed by atoms with E-state index in [0.717, 1.165) is 26.0 Å². The third-order valence-electron chi connectivity index (χ3n) is 3.93. The molecule has 1 aliphatic heterocycles. The quantitative estimate of drug-likeness (QED) is 0.730. The van der Waals surface area contributed by atoms with Crippen molar-refractivity contribution in [2.24, 2.45) is 5.73 Å². The Hall–Kier alpha value is -0.120. The zero-order valence-electron chi connectivity index (χ0n) is 10.5. The fraction of sp³-hybridized carbons (Fsp3) is 1.00. The Balaban J connectivity index is 2.58. The first-order valence-corrected chi connectivity index (χ1v) is 6.19. The van der Waals surface area contributed by atoms with Gasteiger partial charge in [0.2, 0.25) is 0 Å². The first-order valence-electron chi connectivity index (χ1n) is 6.19. The molecule has 1 rings (SSSR count). The Morgan fingerprint density at radius 3 is 2.60 bits per heavy atom. The fourth-order valence-electron chi connectivity index (χ4n) is 2.67. The molecule has 0 aliphatic carbocycles. The Kier molecular flexibility index (Phi) is 5.03. The minimum atomic E-state index is 0.00421. The van der Waals surface area contributed by atoms with E-state index in [4.69, 9.17) is 10.5 Å². The maximum absolute atomic E-state index is 6.48. The van der Waals surface area contributed by atoms with E-state index < -0.39 is 0 Å². The second-order valence-corrected chi connectivity index (χ2v) is 4.63. The summed E-state index contributed by atoms with van der Waals surface area (Å²) in [7, 11) is 1.76. The summed E-state index contributed by atoms with van der Waals surface area (Å²) in [6.45, 7) is 7.44. The van der Waals surface area contributed by atoms with Crippen LogP contribution in [-0.2, 0) is 4.74 Å². The van der Waals surface area contributed by atoms with Crippen molar-refractivity contribution >= 4 is 0 Å². The monoisotopic (exact) mass is 214 g/mol. The van der Waals surface area contributed by atoms with Gasteiger partial charge >= 0.3 is 0 Å². The molecular formula is C12H26N2O. The van der Waals surface area contributed by atoms with Crippen molar-refractivity contribution in [3.63, 3.8) is 0 Å². The van der Waals surface area contributed by atoms with E-state index in [2.05, 4.69) is 18.7 Å². The summed E-state index contributed by atoms with van der Waals surface area (Å²) >= 11 is 0. The summed E-state index contributed by atoms with van der Waals surface area (Å²) in [4.78, 5) is 2.51. The van der Waals surface area contributed by atoms with Gasteiger partial charge in [-0.1, -0.05) is 13.8 Å². The minimum absolute atomic E-state index is 0.00421. The molecule has 0 spiro atoms. The molecular weight excluding hydrogens is 188 g/mol. The molecule has 0 aromatic carbocycles. The van der Waals surface area contributed by atoms with Gasteiger partial charge in [-0.3, -0.25) is 4.90 Å². The third kappa shape index (κ3) is 2.92. The predicted octanol–water partition coefficient (Wildman–Crippen LogP) is 1.61. The molecule has 1 aliphatic rings. The van der Waals surface area contributed by atoms with Gasteiger partial charge in [-0.2, -0.15) is 0 Å². The minimum Gasteiger partial charge on any atom is -0.383 e. The molecule has 0 amide bonds. The molecule has 0 aromatic rings. The lowest BCUT2D eigenvalue weighted by Gasteiger charge is -2.39. The van der Waals surface area contributed by atoms with Crippen LogP contribution in [0.1, 0.15) is 39.5 Å². The molecule has 90 valence electrons. The van der Waals surface area contributed by atoms with Crippen LogP contribution in [-0.4, -0.2) is 43.3 Å². The van der Waals surface area contributed by atoms with Crippen molar-refractivity contribution in [1.82, 2.24) is 4.90 Å². The third-order valence-corrected chi connectivity index (χ3v) is 3.93. The molecule has 1 fully saturated rings. The Morgan fingerprint density at radius 2 is 2.07 bits per heavy atom. The first-order chi connectivity index (χ1) is 7.18. The average molecular weight is 214 g/mol. The van der Waals surface area contributed by atoms with Crippen molar-refractivity contribution < 1.29 is 4.74 Å². The van der Waals surface area contributed by atoms with Crippen LogP contribution in [0.4, 0.5) is 0 Å². The van der Waals surface area contributed by atoms with E-state index in [1.54, 1.807) is 7.11 Å². The van der Waals surface area contributed by atoms with Crippen LogP contribution >= 0.6 is 0 Å². The zero-order chi connectivity index (χ0) is 11.3. The number of likely N-dealkylation sites (tertiary alicyclic amines) is 1. The second kappa shape index (κ2) is 5.83. The molecule has 1 heterocycles. The smallest absolute Gasteiger partial charge is 0.0589 e. The highest BCUT2D eigenvalue weighted by atomic mass is 16.5. The van der Waals surface area contributed by atoms with Gasteiger partial charge in [0.05, 0.1) is 6.61 Å². The van der Waals surface area contributed by atoms with Gasteiger partial charge in [0.25, 0.3) is 0 Å². The Labute approximate surface area is 94.0 Å². The molecule has 1 unspecified atom stereocenters. The number of hydrogen-bond donors (Lipinski definition) is 1. The van der Waals surface area contributed by atoms with Crippen LogP contribution in [0.2, 0.25) is 0 Å². The van der Waals surface area contributed by atoms with Gasteiger partial charge in [0.1, 0.15) is 0 Å². The van der Waals surface area contributed by atoms with Crippen LogP contribution in [0.3, 0.4) is 0 Å². The second-order valence-electron chi connectivity index (χ2n) is 4.63. The molecule has 0 bridgehead atoms. The summed E-state index contributed by atoms with van der Waals surface area (Å²) in [5, 5.41) is 0. The molecule has 0 radical (unpaired) electrons. The molecule has 0 aromatic heterocycles. The van der Waals surface area contributed by atoms with E-state index in [1.807, 2.05) is 0 Å². The number of nitrogens with two attached hydrogens (primary N) is 1. The lowest BCUT2D eigenvalue weighted by atomic mass is 9.84. The highest BCUT2D eigenvalue weighted by Gasteiger charge is 2.38. The summed E-state index contributed by atoms with van der Waals surface area (Å²) in [6.07, 6.45) is 4.67. The zero-order valence-corrected chi connectivity index (χ0v) is 10.5. The summed E-state index contributed by atoms with van der Waals surface area (Å²) in [5.74, 6) is 0. The molecule has 2 N–H and O–H groups in total. The van der Waals surface area contributed by atoms with Crippen LogP contribution < -0.4 is 5.73 Å². The molecule has 0 saturated carbocycles. The van der Waals surface area contributed by atoms with Crippen LogP contribution in [0, 0.1) is 0 Å². The summed E-state index contributed by atoms with van der Waals surface area (Å²) in [6, 6.07) is 0.558. The highest BCUT2D eigenvalue weighted by molar-refractivity contribution is 4.98. The van der Waals surface area contributed by atoms with Gasteiger partial charge in [-0.05, 0) is 32.2 Å². The van der Waals surface area contributed by atoms with Crippen molar-refractivity contribution in [2.45, 2.75) is 51.1 Å². The predicted molar refractivity (Wildman–Crippen MR) is 64.0 cm³/mol. The van der Waals surface area contributed by atoms with Crippen LogP contribution in [0.25, 0.3) is 0 Å². The average Bonchev–Trinajstić information content (AvgIpc) is 2.74. The number of methoxy groups -OCH3 is 1. The highest BCUT2D eigenvalue weighted by Crippen LogP contribution is 2.29. The molecule has 1 atom stereocenters. The van der Waals surface area contributed by atoms with Crippen molar-refractivity contribution in [3.8, 4) is 0 Å². The molecule has 15 heavy (non-hydrogen) atoms. The Bertz CT molecular complexity index is 180. The topological polar surface area (TPSA) is 38.5 Å². The van der Waals surface area contributed by atoms with Crippen molar-refractivity contribution in [2.75, 3.05) is 26.8 Å². The fourth-order valence-corrected chi connectivity index (χ4v) is 2.67. The Morgan fingerprint density at radius 1 is 1.40 bits per heavy atom. The van der Waals surface area contributed by atoms with Crippen LogP contribution in [0.15, 0.2) is 0 Å². The van der Waals surface area contributed by atoms with Crippen molar-refractivity contribution in [1.29, 1.82) is 0 Å². The van der Waals surface area contributed by atoms with E-state index in [-0.39, 0.29) is 5.54 Å². The number of nitrogens with zero attached hydrogens (tertiary/aromatic N) is 1. The number of rotatable bonds is 6. The van der Waals surface area contributed by atoms with E-state index >= 15 is 0 Å². The molecule has 1 saturated heterocycles. The normalized spacial score (nSPS) is 23.6. The largest absolute Gasteiger partial charge is 0.383 e. The number of ether oxygens (including phenoxy) is 1. The van der Waals surface area contributed by atoms with Gasteiger partial charge in [-0.25, -0.2) is 0 Å². The van der Waals surface area contributed by atoms with Crippen LogP contribution in [0.5, 0.6) is 0 Å². The maximum Gasteiger partial charge on any atom is 0.0589 e. The van der Waals surface area contributed by atoms with Gasteiger partial charge < -0.3 is 10.5 Å². The van der Waals surface area contributed by atoms with E-state index in [0.29, 0.717) is 6.04 Å². The SMILES string of the molecule is CCC(N)(CC)C1CCCN1CCOC. The van der Waals surface area contributed by atoms with Gasteiger partial charge in [0, 0.05) is 25.2 Å². The lowest BCUT2D eigenvalue weighted by Crippen LogP contribution is -2.55. The van der Waals surface area contributed by atoms with Crippen molar-refractivity contribution in [3.05, 3.63) is 0 Å². The van der Waals surface area contributed by atoms with E-state index in [9.17, 15) is 0 Å². The summed E-state index contributed by atoms with van der Waals surface area (Å²) in [5.41, 5.74) is 6.49. The van der Waals surface area contributed by atoms with E-state index in [1.165, 1.54) is 19.4 Å². The lowest BCUT2D eigenvalue weighted by molar-refractivity contribution is 0.105. The summed E-state index contributed by atoms with van der Waals surface area (Å²) < 4.78 is 5.15. The standard InChI is InChI=1S/C12H26N2O/c1-4-12(13,5-2)11-7-6-8-14(11)9-10-15-3/h11H,4-10,13H2,1-3H3. The molecule has 3 heteroatoms. The number of hydrogen-bond acceptors (Lipinski definition) is 3.